The van der Waals surface area contributed by atoms with Gasteiger partial charge in [0.2, 0.25) is 0 Å². The van der Waals surface area contributed by atoms with Crippen LogP contribution in [0.2, 0.25) is 0 Å². The molecule has 20 heavy (non-hydrogen) atoms. The lowest BCUT2D eigenvalue weighted by Crippen LogP contribution is -2.14. The van der Waals surface area contributed by atoms with Gasteiger partial charge in [-0.1, -0.05) is 24.6 Å². The second kappa shape index (κ2) is 7.10. The first-order valence-corrected chi connectivity index (χ1v) is 7.10. The Morgan fingerprint density at radius 2 is 2.20 bits per heavy atom. The molecule has 1 N–H and O–H groups in total. The molecular weight excluding hydrogens is 250 g/mol. The van der Waals surface area contributed by atoms with Crippen LogP contribution in [-0.2, 0) is 20.0 Å². The highest BCUT2D eigenvalue weighted by Crippen LogP contribution is 2.20. The molecule has 0 bridgehead atoms. The predicted molar refractivity (Wildman–Crippen MR) is 81.0 cm³/mol. The van der Waals surface area contributed by atoms with E-state index in [4.69, 9.17) is 4.74 Å². The lowest BCUT2D eigenvalue weighted by Gasteiger charge is -2.12. The van der Waals surface area contributed by atoms with Crippen LogP contribution < -0.4 is 10.1 Å². The third kappa shape index (κ3) is 3.84. The highest BCUT2D eigenvalue weighted by molar-refractivity contribution is 5.36. The molecule has 1 aromatic heterocycles. The Morgan fingerprint density at radius 3 is 2.90 bits per heavy atom. The van der Waals surface area contributed by atoms with Crippen molar-refractivity contribution in [3.63, 3.8) is 0 Å². The van der Waals surface area contributed by atoms with Gasteiger partial charge in [0.05, 0.1) is 6.61 Å². The van der Waals surface area contributed by atoms with Gasteiger partial charge in [-0.15, -0.1) is 0 Å². The molecule has 0 radical (unpaired) electrons. The van der Waals surface area contributed by atoms with Gasteiger partial charge in [0.15, 0.2) is 0 Å². The number of rotatable bonds is 7. The zero-order valence-electron chi connectivity index (χ0n) is 12.5. The minimum atomic E-state index is 0.646. The van der Waals surface area contributed by atoms with Crippen LogP contribution in [0.25, 0.3) is 0 Å². The molecular formula is C16H23N3O. The summed E-state index contributed by atoms with van der Waals surface area (Å²) in [5.74, 6) is 2.01. The van der Waals surface area contributed by atoms with Crippen molar-refractivity contribution in [2.24, 2.45) is 7.05 Å². The lowest BCUT2D eigenvalue weighted by molar-refractivity contribution is 0.313. The number of aryl methyl sites for hydroxylation is 2. The van der Waals surface area contributed by atoms with Crippen molar-refractivity contribution in [1.82, 2.24) is 14.9 Å². The maximum Gasteiger partial charge on any atom is 0.123 e. The fraction of sp³-hybridized carbons (Fsp3) is 0.438. The first-order chi connectivity index (χ1) is 9.70. The molecule has 0 amide bonds. The first kappa shape index (κ1) is 14.6. The van der Waals surface area contributed by atoms with Gasteiger partial charge in [0, 0.05) is 38.0 Å². The van der Waals surface area contributed by atoms with E-state index < -0.39 is 0 Å². The molecule has 0 aliphatic heterocycles. The van der Waals surface area contributed by atoms with E-state index in [1.165, 1.54) is 11.1 Å². The maximum atomic E-state index is 5.92. The molecule has 0 saturated heterocycles. The summed E-state index contributed by atoms with van der Waals surface area (Å²) in [5, 5.41) is 3.35. The van der Waals surface area contributed by atoms with Crippen molar-refractivity contribution >= 4 is 0 Å². The number of ether oxygens (including phenoxy) is 1. The molecule has 0 aliphatic rings. The van der Waals surface area contributed by atoms with Crippen LogP contribution in [0, 0.1) is 6.92 Å². The van der Waals surface area contributed by atoms with E-state index in [0.29, 0.717) is 6.61 Å². The monoisotopic (exact) mass is 273 g/mol. The molecule has 0 unspecified atom stereocenters. The Balaban J connectivity index is 1.96. The number of nitrogens with one attached hydrogen (secondary N) is 1. The van der Waals surface area contributed by atoms with Crippen LogP contribution in [0.1, 0.15) is 23.9 Å². The van der Waals surface area contributed by atoms with E-state index >= 15 is 0 Å². The standard InChI is InChI=1S/C16H23N3O/c1-4-17-12-14-11-13(2)5-6-15(14)20-10-7-16-18-8-9-19(16)3/h5-6,8-9,11,17H,4,7,10,12H2,1-3H3. The number of hydrogen-bond acceptors (Lipinski definition) is 3. The van der Waals surface area contributed by atoms with E-state index in [2.05, 4.69) is 42.3 Å². The van der Waals surface area contributed by atoms with Gasteiger partial charge in [-0.2, -0.15) is 0 Å². The fourth-order valence-electron chi connectivity index (χ4n) is 2.14. The number of nitrogens with zero attached hydrogens (tertiary/aromatic N) is 2. The van der Waals surface area contributed by atoms with Gasteiger partial charge < -0.3 is 14.6 Å². The van der Waals surface area contributed by atoms with Gasteiger partial charge >= 0.3 is 0 Å². The van der Waals surface area contributed by atoms with Crippen LogP contribution in [-0.4, -0.2) is 22.7 Å². The summed E-state index contributed by atoms with van der Waals surface area (Å²) in [5.41, 5.74) is 2.47. The van der Waals surface area contributed by atoms with E-state index in [0.717, 1.165) is 31.1 Å². The summed E-state index contributed by atoms with van der Waals surface area (Å²) in [7, 11) is 2.00. The fourth-order valence-corrected chi connectivity index (χ4v) is 2.14. The zero-order chi connectivity index (χ0) is 14.4. The third-order valence-electron chi connectivity index (χ3n) is 3.29. The molecule has 0 fully saturated rings. The minimum absolute atomic E-state index is 0.646. The Labute approximate surface area is 120 Å². The Bertz CT molecular complexity index is 548. The number of aromatic nitrogens is 2. The normalized spacial score (nSPS) is 10.8. The van der Waals surface area contributed by atoms with Crippen molar-refractivity contribution in [2.45, 2.75) is 26.8 Å². The predicted octanol–water partition coefficient (Wildman–Crippen LogP) is 2.46. The van der Waals surface area contributed by atoms with Crippen molar-refractivity contribution in [3.8, 4) is 5.75 Å². The van der Waals surface area contributed by atoms with Crippen LogP contribution >= 0.6 is 0 Å². The van der Waals surface area contributed by atoms with Gasteiger partial charge in [-0.25, -0.2) is 4.98 Å². The molecule has 4 heteroatoms. The van der Waals surface area contributed by atoms with Gasteiger partial charge in [-0.05, 0) is 19.5 Å². The molecule has 0 spiro atoms. The Morgan fingerprint density at radius 1 is 1.35 bits per heavy atom. The Kier molecular flexibility index (Phi) is 5.18. The van der Waals surface area contributed by atoms with Crippen molar-refractivity contribution < 1.29 is 4.74 Å². The molecule has 0 aliphatic carbocycles. The second-order valence-corrected chi connectivity index (χ2v) is 4.94. The van der Waals surface area contributed by atoms with Crippen LogP contribution in [0.15, 0.2) is 30.6 Å². The molecule has 1 heterocycles. The number of benzene rings is 1. The zero-order valence-corrected chi connectivity index (χ0v) is 12.5. The van der Waals surface area contributed by atoms with Gasteiger partial charge in [0.1, 0.15) is 11.6 Å². The highest BCUT2D eigenvalue weighted by Gasteiger charge is 2.05. The smallest absolute Gasteiger partial charge is 0.123 e. The number of imidazole rings is 1. The summed E-state index contributed by atoms with van der Waals surface area (Å²) in [4.78, 5) is 4.30. The summed E-state index contributed by atoms with van der Waals surface area (Å²) in [6.45, 7) is 6.66. The summed E-state index contributed by atoms with van der Waals surface area (Å²) in [6, 6.07) is 6.32. The van der Waals surface area contributed by atoms with Crippen molar-refractivity contribution in [1.29, 1.82) is 0 Å². The van der Waals surface area contributed by atoms with Crippen molar-refractivity contribution in [2.75, 3.05) is 13.2 Å². The van der Waals surface area contributed by atoms with Crippen LogP contribution in [0.3, 0.4) is 0 Å². The quantitative estimate of drug-likeness (QED) is 0.842. The summed E-state index contributed by atoms with van der Waals surface area (Å²) >= 11 is 0. The molecule has 4 nitrogen and oxygen atoms in total. The second-order valence-electron chi connectivity index (χ2n) is 4.94. The Hall–Kier alpha value is -1.81. The lowest BCUT2D eigenvalue weighted by atomic mass is 10.1. The van der Waals surface area contributed by atoms with Crippen LogP contribution in [0.4, 0.5) is 0 Å². The molecule has 1 aromatic carbocycles. The summed E-state index contributed by atoms with van der Waals surface area (Å²) in [6.07, 6.45) is 4.59. The van der Waals surface area contributed by atoms with Crippen LogP contribution in [0.5, 0.6) is 5.75 Å². The van der Waals surface area contributed by atoms with E-state index in [1.54, 1.807) is 0 Å². The van der Waals surface area contributed by atoms with E-state index in [9.17, 15) is 0 Å². The number of hydrogen-bond donors (Lipinski definition) is 1. The molecule has 0 saturated carbocycles. The largest absolute Gasteiger partial charge is 0.493 e. The van der Waals surface area contributed by atoms with Gasteiger partial charge in [0.25, 0.3) is 0 Å². The molecule has 2 aromatic rings. The van der Waals surface area contributed by atoms with E-state index in [1.807, 2.05) is 24.0 Å². The minimum Gasteiger partial charge on any atom is -0.493 e. The summed E-state index contributed by atoms with van der Waals surface area (Å²) < 4.78 is 7.95. The maximum absolute atomic E-state index is 5.92. The topological polar surface area (TPSA) is 39.1 Å². The first-order valence-electron chi connectivity index (χ1n) is 7.10. The van der Waals surface area contributed by atoms with E-state index in [-0.39, 0.29) is 0 Å². The molecule has 2 rings (SSSR count). The average Bonchev–Trinajstić information content (AvgIpc) is 2.84. The average molecular weight is 273 g/mol. The van der Waals surface area contributed by atoms with Crippen molar-refractivity contribution in [3.05, 3.63) is 47.5 Å². The van der Waals surface area contributed by atoms with Gasteiger partial charge in [-0.3, -0.25) is 0 Å². The molecule has 0 atom stereocenters. The molecule has 108 valence electrons. The SMILES string of the molecule is CCNCc1cc(C)ccc1OCCc1nccn1C. The highest BCUT2D eigenvalue weighted by atomic mass is 16.5. The third-order valence-corrected chi connectivity index (χ3v) is 3.29.